The van der Waals surface area contributed by atoms with Crippen molar-refractivity contribution in [3.8, 4) is 0 Å². The summed E-state index contributed by atoms with van der Waals surface area (Å²) >= 11 is 0. The number of aromatic nitrogens is 2. The molecule has 1 atom stereocenters. The molecule has 1 aromatic heterocycles. The Balaban J connectivity index is 2.27. The topological polar surface area (TPSA) is 93.2 Å². The Morgan fingerprint density at radius 2 is 2.64 bits per heavy atom. The number of carbonyl (C=O) groups is 1. The van der Waals surface area contributed by atoms with Gasteiger partial charge < -0.3 is 20.7 Å². The molecular weight excluding hydrogens is 184 g/mol. The number of hydrogen-bond acceptors (Lipinski definition) is 4. The first kappa shape index (κ1) is 9.01. The van der Waals surface area contributed by atoms with Crippen molar-refractivity contribution in [3.63, 3.8) is 0 Å². The van der Waals surface area contributed by atoms with E-state index in [2.05, 4.69) is 10.3 Å². The molecule has 0 amide bonds. The van der Waals surface area contributed by atoms with Crippen LogP contribution in [0.25, 0.3) is 0 Å². The third-order valence-electron chi connectivity index (χ3n) is 2.32. The summed E-state index contributed by atoms with van der Waals surface area (Å²) in [6.45, 7) is 1.76. The first-order valence-corrected chi connectivity index (χ1v) is 4.46. The summed E-state index contributed by atoms with van der Waals surface area (Å²) in [7, 11) is 0. The third kappa shape index (κ3) is 1.33. The fourth-order valence-corrected chi connectivity index (χ4v) is 1.55. The minimum absolute atomic E-state index is 0.0752. The molecule has 1 aliphatic heterocycles. The summed E-state index contributed by atoms with van der Waals surface area (Å²) in [6.07, 6.45) is 1.75. The van der Waals surface area contributed by atoms with Gasteiger partial charge in [-0.3, -0.25) is 4.79 Å². The molecule has 0 radical (unpaired) electrons. The summed E-state index contributed by atoms with van der Waals surface area (Å²) in [5.41, 5.74) is 5.90. The maximum absolute atomic E-state index is 10.8. The van der Waals surface area contributed by atoms with Gasteiger partial charge >= 0.3 is 5.97 Å². The zero-order valence-electron chi connectivity index (χ0n) is 7.60. The number of carboxylic acids is 1. The molecule has 2 rings (SSSR count). The molecule has 1 aliphatic rings. The van der Waals surface area contributed by atoms with Gasteiger partial charge in [0, 0.05) is 25.8 Å². The van der Waals surface area contributed by atoms with Gasteiger partial charge in [-0.25, -0.2) is 4.98 Å². The van der Waals surface area contributed by atoms with E-state index in [9.17, 15) is 4.79 Å². The molecule has 76 valence electrons. The van der Waals surface area contributed by atoms with Crippen molar-refractivity contribution in [1.82, 2.24) is 9.55 Å². The van der Waals surface area contributed by atoms with Crippen LogP contribution in [-0.2, 0) is 11.3 Å². The lowest BCUT2D eigenvalue weighted by atomic mass is 10.1. The van der Waals surface area contributed by atoms with Crippen molar-refractivity contribution in [2.24, 2.45) is 5.73 Å². The Bertz CT molecular complexity index is 339. The van der Waals surface area contributed by atoms with Crippen LogP contribution in [0.4, 0.5) is 5.95 Å². The average molecular weight is 196 g/mol. The molecule has 0 saturated carbocycles. The minimum atomic E-state index is -0.927. The molecule has 0 spiro atoms. The zero-order chi connectivity index (χ0) is 10.1. The molecule has 0 fully saturated rings. The van der Waals surface area contributed by atoms with Gasteiger partial charge in [0.15, 0.2) is 0 Å². The molecule has 2 heterocycles. The van der Waals surface area contributed by atoms with Crippen LogP contribution in [0.5, 0.6) is 0 Å². The number of hydrogen-bond donors (Lipinski definition) is 3. The summed E-state index contributed by atoms with van der Waals surface area (Å²) in [6, 6.07) is 0. The summed E-state index contributed by atoms with van der Waals surface area (Å²) in [4.78, 5) is 15.0. The smallest absolute Gasteiger partial charge is 0.313 e. The van der Waals surface area contributed by atoms with Gasteiger partial charge in [-0.15, -0.1) is 0 Å². The van der Waals surface area contributed by atoms with Crippen LogP contribution in [0.15, 0.2) is 6.20 Å². The van der Waals surface area contributed by atoms with Crippen LogP contribution in [0, 0.1) is 0 Å². The minimum Gasteiger partial charge on any atom is -0.481 e. The Morgan fingerprint density at radius 3 is 3.21 bits per heavy atom. The summed E-state index contributed by atoms with van der Waals surface area (Å²) < 4.78 is 1.90. The molecule has 14 heavy (non-hydrogen) atoms. The Morgan fingerprint density at radius 1 is 1.86 bits per heavy atom. The molecule has 4 N–H and O–H groups in total. The van der Waals surface area contributed by atoms with E-state index in [0.717, 1.165) is 19.0 Å². The van der Waals surface area contributed by atoms with Crippen LogP contribution in [0.1, 0.15) is 11.6 Å². The first-order chi connectivity index (χ1) is 6.72. The van der Waals surface area contributed by atoms with E-state index >= 15 is 0 Å². The number of nitrogens with one attached hydrogen (secondary N) is 1. The lowest BCUT2D eigenvalue weighted by Gasteiger charge is -2.05. The van der Waals surface area contributed by atoms with Gasteiger partial charge in [0.25, 0.3) is 0 Å². The van der Waals surface area contributed by atoms with Gasteiger partial charge in [-0.05, 0) is 0 Å². The van der Waals surface area contributed by atoms with E-state index in [1.807, 2.05) is 4.57 Å². The van der Waals surface area contributed by atoms with Crippen LogP contribution in [-0.4, -0.2) is 33.7 Å². The van der Waals surface area contributed by atoms with Crippen LogP contribution in [0.2, 0.25) is 0 Å². The predicted molar refractivity (Wildman–Crippen MR) is 50.1 cm³/mol. The van der Waals surface area contributed by atoms with Crippen molar-refractivity contribution in [3.05, 3.63) is 11.9 Å². The largest absolute Gasteiger partial charge is 0.481 e. The van der Waals surface area contributed by atoms with Gasteiger partial charge in [0.05, 0.1) is 5.69 Å². The van der Waals surface area contributed by atoms with Gasteiger partial charge in [-0.2, -0.15) is 0 Å². The monoisotopic (exact) mass is 196 g/mol. The van der Waals surface area contributed by atoms with Gasteiger partial charge in [0.2, 0.25) is 5.95 Å². The van der Waals surface area contributed by atoms with E-state index in [0.29, 0.717) is 5.69 Å². The highest BCUT2D eigenvalue weighted by Gasteiger charge is 2.23. The lowest BCUT2D eigenvalue weighted by Crippen LogP contribution is -2.21. The van der Waals surface area contributed by atoms with E-state index < -0.39 is 11.9 Å². The summed E-state index contributed by atoms with van der Waals surface area (Å²) in [5, 5.41) is 11.9. The van der Waals surface area contributed by atoms with Gasteiger partial charge in [-0.1, -0.05) is 0 Å². The maximum Gasteiger partial charge on any atom is 0.313 e. The van der Waals surface area contributed by atoms with E-state index in [-0.39, 0.29) is 6.54 Å². The number of imidazole rings is 1. The third-order valence-corrected chi connectivity index (χ3v) is 2.32. The number of anilines is 1. The molecule has 1 aromatic rings. The maximum atomic E-state index is 10.8. The average Bonchev–Trinajstić information content (AvgIpc) is 2.63. The predicted octanol–water partition coefficient (Wildman–Crippen LogP) is -0.565. The highest BCUT2D eigenvalue weighted by Crippen LogP contribution is 2.19. The number of carboxylic acid groups (broad SMARTS) is 1. The van der Waals surface area contributed by atoms with E-state index in [4.69, 9.17) is 10.8 Å². The normalized spacial score (nSPS) is 16.1. The SMILES string of the molecule is NCC(C(=O)O)c1cn2c(n1)NCC2. The van der Waals surface area contributed by atoms with E-state index in [1.54, 1.807) is 6.20 Å². The number of rotatable bonds is 3. The molecule has 0 bridgehead atoms. The molecule has 6 nitrogen and oxygen atoms in total. The standard InChI is InChI=1S/C8H12N4O2/c9-3-5(7(13)14)6-4-12-2-1-10-8(12)11-6/h4-5H,1-3,9H2,(H,10,11)(H,13,14). The second-order valence-corrected chi connectivity index (χ2v) is 3.24. The van der Waals surface area contributed by atoms with Crippen molar-refractivity contribution >= 4 is 11.9 Å². The van der Waals surface area contributed by atoms with Crippen molar-refractivity contribution in [2.45, 2.75) is 12.5 Å². The first-order valence-electron chi connectivity index (χ1n) is 4.46. The van der Waals surface area contributed by atoms with Crippen LogP contribution in [0.3, 0.4) is 0 Å². The quantitative estimate of drug-likeness (QED) is 0.602. The molecule has 1 unspecified atom stereocenters. The molecule has 0 saturated heterocycles. The highest BCUT2D eigenvalue weighted by molar-refractivity contribution is 5.75. The Labute approximate surface area is 80.7 Å². The molecular formula is C8H12N4O2. The number of aliphatic carboxylic acids is 1. The summed E-state index contributed by atoms with van der Waals surface area (Å²) in [5.74, 6) is -0.890. The number of nitrogens with two attached hydrogens (primary N) is 1. The second kappa shape index (κ2) is 3.30. The highest BCUT2D eigenvalue weighted by atomic mass is 16.4. The number of fused-ring (bicyclic) bond motifs is 1. The fourth-order valence-electron chi connectivity index (χ4n) is 1.55. The zero-order valence-corrected chi connectivity index (χ0v) is 7.60. The van der Waals surface area contributed by atoms with Crippen LogP contribution >= 0.6 is 0 Å². The molecule has 0 aliphatic carbocycles. The number of nitrogens with zero attached hydrogens (tertiary/aromatic N) is 2. The Kier molecular flexibility index (Phi) is 2.12. The molecule has 6 heteroatoms. The van der Waals surface area contributed by atoms with Crippen molar-refractivity contribution in [2.75, 3.05) is 18.4 Å². The fraction of sp³-hybridized carbons (Fsp3) is 0.500. The molecule has 0 aromatic carbocycles. The van der Waals surface area contributed by atoms with Gasteiger partial charge in [0.1, 0.15) is 5.92 Å². The van der Waals surface area contributed by atoms with Crippen molar-refractivity contribution in [1.29, 1.82) is 0 Å². The van der Waals surface area contributed by atoms with Crippen molar-refractivity contribution < 1.29 is 9.90 Å². The lowest BCUT2D eigenvalue weighted by molar-refractivity contribution is -0.138. The Hall–Kier alpha value is -1.56. The van der Waals surface area contributed by atoms with E-state index in [1.165, 1.54) is 0 Å². The van der Waals surface area contributed by atoms with Crippen LogP contribution < -0.4 is 11.1 Å². The second-order valence-electron chi connectivity index (χ2n) is 3.24.